The van der Waals surface area contributed by atoms with Crippen LogP contribution in [-0.2, 0) is 17.9 Å². The molecule has 32 heavy (non-hydrogen) atoms. The number of methoxy groups -OCH3 is 1. The number of benzene rings is 2. The van der Waals surface area contributed by atoms with Crippen molar-refractivity contribution in [1.29, 1.82) is 0 Å². The van der Waals surface area contributed by atoms with Crippen LogP contribution in [0.5, 0.6) is 11.5 Å². The predicted molar refractivity (Wildman–Crippen MR) is 126 cm³/mol. The second-order valence-electron chi connectivity index (χ2n) is 7.83. The van der Waals surface area contributed by atoms with E-state index in [1.807, 2.05) is 66.1 Å². The minimum absolute atomic E-state index is 0.0398. The molecule has 8 heteroatoms. The molecule has 3 rings (SSSR count). The van der Waals surface area contributed by atoms with E-state index >= 15 is 0 Å². The van der Waals surface area contributed by atoms with Gasteiger partial charge in [0.2, 0.25) is 5.91 Å². The minimum atomic E-state index is -0.295. The van der Waals surface area contributed by atoms with Gasteiger partial charge in [0.15, 0.2) is 17.1 Å². The highest BCUT2D eigenvalue weighted by Crippen LogP contribution is 2.26. The summed E-state index contributed by atoms with van der Waals surface area (Å²) in [7, 11) is 1.63. The number of carbonyl (C=O) groups excluding carboxylic acids is 1. The van der Waals surface area contributed by atoms with Crippen molar-refractivity contribution in [2.75, 3.05) is 12.9 Å². The molecule has 3 aromatic rings. The summed E-state index contributed by atoms with van der Waals surface area (Å²) in [6.07, 6.45) is -0.295. The quantitative estimate of drug-likeness (QED) is 0.430. The number of nitrogens with one attached hydrogen (secondary N) is 1. The zero-order chi connectivity index (χ0) is 22.9. The zero-order valence-electron chi connectivity index (χ0n) is 18.9. The summed E-state index contributed by atoms with van der Waals surface area (Å²) in [6, 6.07) is 17.3. The topological polar surface area (TPSA) is 78.3 Å². The van der Waals surface area contributed by atoms with Gasteiger partial charge in [-0.25, -0.2) is 0 Å². The first-order chi connectivity index (χ1) is 15.5. The van der Waals surface area contributed by atoms with Crippen molar-refractivity contribution in [3.8, 4) is 11.5 Å². The van der Waals surface area contributed by atoms with Gasteiger partial charge in [-0.05, 0) is 42.7 Å². The number of nitrogens with zero attached hydrogens (tertiary/aromatic N) is 3. The Labute approximate surface area is 193 Å². The third kappa shape index (κ3) is 6.75. The smallest absolute Gasteiger partial charge is 0.230 e. The molecule has 2 aromatic carbocycles. The lowest BCUT2D eigenvalue weighted by Gasteiger charge is -2.18. The monoisotopic (exact) mass is 454 g/mol. The average Bonchev–Trinajstić information content (AvgIpc) is 3.19. The molecule has 0 saturated heterocycles. The molecule has 0 aliphatic rings. The van der Waals surface area contributed by atoms with Gasteiger partial charge in [0.05, 0.1) is 12.9 Å². The van der Waals surface area contributed by atoms with Crippen LogP contribution in [0.2, 0.25) is 0 Å². The summed E-state index contributed by atoms with van der Waals surface area (Å²) < 4.78 is 13.3. The number of ether oxygens (including phenoxy) is 2. The Hall–Kier alpha value is -3.00. The second-order valence-corrected chi connectivity index (χ2v) is 8.77. The van der Waals surface area contributed by atoms with E-state index in [1.165, 1.54) is 11.8 Å². The van der Waals surface area contributed by atoms with Crippen LogP contribution < -0.4 is 14.8 Å². The molecule has 0 saturated carbocycles. The zero-order valence-corrected chi connectivity index (χ0v) is 19.8. The first kappa shape index (κ1) is 23.7. The van der Waals surface area contributed by atoms with Crippen LogP contribution in [0.1, 0.15) is 38.3 Å². The second kappa shape index (κ2) is 11.6. The molecule has 0 spiro atoms. The third-order valence-electron chi connectivity index (χ3n) is 4.69. The molecule has 7 nitrogen and oxygen atoms in total. The van der Waals surface area contributed by atoms with Crippen LogP contribution in [0.25, 0.3) is 0 Å². The molecule has 1 N–H and O–H groups in total. The van der Waals surface area contributed by atoms with Gasteiger partial charge >= 0.3 is 0 Å². The summed E-state index contributed by atoms with van der Waals surface area (Å²) in [5, 5.41) is 12.4. The largest absolute Gasteiger partial charge is 0.497 e. The molecule has 1 heterocycles. The summed E-state index contributed by atoms with van der Waals surface area (Å²) in [4.78, 5) is 12.3. The van der Waals surface area contributed by atoms with Gasteiger partial charge in [0, 0.05) is 13.1 Å². The van der Waals surface area contributed by atoms with Crippen molar-refractivity contribution in [2.24, 2.45) is 5.92 Å². The predicted octanol–water partition coefficient (Wildman–Crippen LogP) is 4.49. The summed E-state index contributed by atoms with van der Waals surface area (Å²) >= 11 is 1.39. The molecule has 0 radical (unpaired) electrons. The lowest BCUT2D eigenvalue weighted by Crippen LogP contribution is -2.24. The first-order valence-corrected chi connectivity index (χ1v) is 11.6. The number of aromatic nitrogens is 3. The maximum Gasteiger partial charge on any atom is 0.230 e. The average molecular weight is 455 g/mol. The van der Waals surface area contributed by atoms with Crippen molar-refractivity contribution in [3.05, 3.63) is 66.0 Å². The normalized spacial score (nSPS) is 11.9. The van der Waals surface area contributed by atoms with Crippen LogP contribution >= 0.6 is 11.8 Å². The van der Waals surface area contributed by atoms with E-state index in [1.54, 1.807) is 7.11 Å². The van der Waals surface area contributed by atoms with E-state index in [4.69, 9.17) is 9.47 Å². The van der Waals surface area contributed by atoms with Gasteiger partial charge < -0.3 is 19.4 Å². The molecule has 0 fully saturated rings. The molecular formula is C24H30N4O3S. The summed E-state index contributed by atoms with van der Waals surface area (Å²) in [5.41, 5.74) is 1.07. The van der Waals surface area contributed by atoms with Gasteiger partial charge in [-0.15, -0.1) is 10.2 Å². The minimum Gasteiger partial charge on any atom is -0.497 e. The molecule has 1 aromatic heterocycles. The molecular weight excluding hydrogens is 424 g/mol. The number of thioether (sulfide) groups is 1. The molecule has 0 bridgehead atoms. The Morgan fingerprint density at radius 1 is 1.03 bits per heavy atom. The molecule has 0 aliphatic carbocycles. The SMILES string of the molecule is COc1ccc(OC(C)c2nnc(SCC(=O)NCc3ccccc3)n2CC(C)C)cc1. The highest BCUT2D eigenvalue weighted by Gasteiger charge is 2.21. The molecule has 0 aliphatic heterocycles. The van der Waals surface area contributed by atoms with Crippen molar-refractivity contribution in [3.63, 3.8) is 0 Å². The van der Waals surface area contributed by atoms with Crippen LogP contribution in [0, 0.1) is 5.92 Å². The van der Waals surface area contributed by atoms with E-state index in [-0.39, 0.29) is 17.8 Å². The third-order valence-corrected chi connectivity index (χ3v) is 5.66. The van der Waals surface area contributed by atoms with Crippen LogP contribution in [-0.4, -0.2) is 33.5 Å². The highest BCUT2D eigenvalue weighted by molar-refractivity contribution is 7.99. The molecule has 1 unspecified atom stereocenters. The van der Waals surface area contributed by atoms with Crippen LogP contribution in [0.3, 0.4) is 0 Å². The van der Waals surface area contributed by atoms with Gasteiger partial charge in [-0.1, -0.05) is 55.9 Å². The fourth-order valence-electron chi connectivity index (χ4n) is 3.13. The van der Waals surface area contributed by atoms with E-state index in [2.05, 4.69) is 29.4 Å². The van der Waals surface area contributed by atoms with Gasteiger partial charge in [0.25, 0.3) is 0 Å². The Balaban J connectivity index is 1.63. The number of hydrogen-bond acceptors (Lipinski definition) is 6. The molecule has 1 amide bonds. The van der Waals surface area contributed by atoms with E-state index in [0.29, 0.717) is 17.6 Å². The summed E-state index contributed by atoms with van der Waals surface area (Å²) in [5.74, 6) is 2.87. The number of amides is 1. The standard InChI is InChI=1S/C24H30N4O3S/c1-17(2)15-28-23(18(3)31-21-12-10-20(30-4)11-13-21)26-27-24(28)32-16-22(29)25-14-19-8-6-5-7-9-19/h5-13,17-18H,14-16H2,1-4H3,(H,25,29). The summed E-state index contributed by atoms with van der Waals surface area (Å²) in [6.45, 7) is 7.48. The van der Waals surface area contributed by atoms with Crippen molar-refractivity contribution >= 4 is 17.7 Å². The van der Waals surface area contributed by atoms with Gasteiger partial charge in [0.1, 0.15) is 11.5 Å². The number of rotatable bonds is 11. The Bertz CT molecular complexity index is 990. The number of carbonyl (C=O) groups is 1. The maximum atomic E-state index is 12.3. The Morgan fingerprint density at radius 2 is 1.72 bits per heavy atom. The van der Waals surface area contributed by atoms with E-state index in [9.17, 15) is 4.79 Å². The van der Waals surface area contributed by atoms with Gasteiger partial charge in [-0.3, -0.25) is 4.79 Å². The van der Waals surface area contributed by atoms with E-state index in [0.717, 1.165) is 29.4 Å². The number of hydrogen-bond donors (Lipinski definition) is 1. The van der Waals surface area contributed by atoms with Crippen LogP contribution in [0.4, 0.5) is 0 Å². The lowest BCUT2D eigenvalue weighted by molar-refractivity contribution is -0.118. The fraction of sp³-hybridized carbons (Fsp3) is 0.375. The van der Waals surface area contributed by atoms with Crippen molar-refractivity contribution in [1.82, 2.24) is 20.1 Å². The maximum absolute atomic E-state index is 12.3. The Morgan fingerprint density at radius 3 is 2.38 bits per heavy atom. The molecule has 170 valence electrons. The Kier molecular flexibility index (Phi) is 8.56. The van der Waals surface area contributed by atoms with Crippen molar-refractivity contribution < 1.29 is 14.3 Å². The van der Waals surface area contributed by atoms with Crippen LogP contribution in [0.15, 0.2) is 59.8 Å². The lowest BCUT2D eigenvalue weighted by atomic mass is 10.2. The highest BCUT2D eigenvalue weighted by atomic mass is 32.2. The first-order valence-electron chi connectivity index (χ1n) is 10.6. The fourth-order valence-corrected chi connectivity index (χ4v) is 3.92. The van der Waals surface area contributed by atoms with Gasteiger partial charge in [-0.2, -0.15) is 0 Å². The molecule has 1 atom stereocenters. The van der Waals surface area contributed by atoms with Crippen molar-refractivity contribution in [2.45, 2.75) is 45.1 Å². The van der Waals surface area contributed by atoms with E-state index < -0.39 is 0 Å².